The summed E-state index contributed by atoms with van der Waals surface area (Å²) in [5.74, 6) is 1.58. The Bertz CT molecular complexity index is 1150. The van der Waals surface area contributed by atoms with Gasteiger partial charge in [-0.25, -0.2) is 0 Å². The molecule has 1 saturated carbocycles. The molecule has 1 aliphatic carbocycles. The molecule has 0 atom stereocenters. The molecule has 4 nitrogen and oxygen atoms in total. The lowest BCUT2D eigenvalue weighted by Crippen LogP contribution is -2.08. The molecule has 0 aliphatic heterocycles. The van der Waals surface area contributed by atoms with Crippen molar-refractivity contribution in [2.45, 2.75) is 25.2 Å². The van der Waals surface area contributed by atoms with Crippen molar-refractivity contribution in [1.29, 1.82) is 0 Å². The number of nitrogens with zero attached hydrogens (tertiary/aromatic N) is 2. The summed E-state index contributed by atoms with van der Waals surface area (Å²) in [4.78, 5) is 0. The van der Waals surface area contributed by atoms with E-state index in [0.717, 1.165) is 27.7 Å². The van der Waals surface area contributed by atoms with Gasteiger partial charge in [0, 0.05) is 28.1 Å². The van der Waals surface area contributed by atoms with E-state index in [1.807, 2.05) is 18.2 Å². The first kappa shape index (κ1) is 16.8. The van der Waals surface area contributed by atoms with E-state index < -0.39 is 0 Å². The second kappa shape index (κ2) is 6.97. The number of aromatic nitrogens is 2. The molecule has 4 heteroatoms. The van der Waals surface area contributed by atoms with Gasteiger partial charge >= 0.3 is 0 Å². The summed E-state index contributed by atoms with van der Waals surface area (Å²) in [7, 11) is 0. The molecule has 28 heavy (non-hydrogen) atoms. The maximum Gasteiger partial charge on any atom is 0.161 e. The molecule has 1 aromatic heterocycles. The van der Waals surface area contributed by atoms with Gasteiger partial charge in [-0.2, -0.15) is 0 Å². The first-order valence-corrected chi connectivity index (χ1v) is 9.70. The lowest BCUT2D eigenvalue weighted by Gasteiger charge is -2.26. The summed E-state index contributed by atoms with van der Waals surface area (Å²) in [5.41, 5.74) is 4.19. The maximum absolute atomic E-state index is 9.72. The molecule has 0 saturated heterocycles. The van der Waals surface area contributed by atoms with Crippen LogP contribution in [0.4, 0.5) is 11.5 Å². The highest BCUT2D eigenvalue weighted by Gasteiger charge is 2.20. The van der Waals surface area contributed by atoms with E-state index in [2.05, 4.69) is 51.9 Å². The topological polar surface area (TPSA) is 58.0 Å². The number of fused-ring (bicyclic) bond motifs is 1. The van der Waals surface area contributed by atoms with Crippen LogP contribution in [0.3, 0.4) is 0 Å². The monoisotopic (exact) mass is 367 g/mol. The zero-order valence-corrected chi connectivity index (χ0v) is 15.5. The van der Waals surface area contributed by atoms with Gasteiger partial charge in [-0.05, 0) is 42.5 Å². The van der Waals surface area contributed by atoms with E-state index in [0.29, 0.717) is 11.7 Å². The summed E-state index contributed by atoms with van der Waals surface area (Å²) in [5, 5.41) is 24.1. The number of hydrogen-bond acceptors (Lipinski definition) is 4. The van der Waals surface area contributed by atoms with Gasteiger partial charge in [0.25, 0.3) is 0 Å². The maximum atomic E-state index is 9.72. The van der Waals surface area contributed by atoms with Crippen LogP contribution in [0.25, 0.3) is 22.0 Å². The quantitative estimate of drug-likeness (QED) is 0.463. The molecule has 1 aliphatic rings. The van der Waals surface area contributed by atoms with E-state index in [1.165, 1.54) is 24.8 Å². The highest BCUT2D eigenvalue weighted by Crippen LogP contribution is 2.38. The molecule has 0 radical (unpaired) electrons. The number of nitrogens with one attached hydrogen (secondary N) is 1. The van der Waals surface area contributed by atoms with Crippen molar-refractivity contribution >= 4 is 22.3 Å². The molecule has 0 bridgehead atoms. The first-order chi connectivity index (χ1) is 13.8. The van der Waals surface area contributed by atoms with Crippen LogP contribution in [-0.2, 0) is 0 Å². The number of phenolic OH excluding ortho intramolecular Hbond substituents is 1. The Morgan fingerprint density at radius 1 is 0.821 bits per heavy atom. The fourth-order valence-electron chi connectivity index (χ4n) is 3.81. The summed E-state index contributed by atoms with van der Waals surface area (Å²) in [6, 6.07) is 23.9. The molecule has 1 fully saturated rings. The molecule has 0 spiro atoms. The number of phenols is 1. The van der Waals surface area contributed by atoms with Crippen molar-refractivity contribution < 1.29 is 5.11 Å². The SMILES string of the molecule is Oc1cccc(Nc2nnc(-c3cccc(C4CCC4)c3)c3ccccc23)c1. The van der Waals surface area contributed by atoms with Crippen molar-refractivity contribution in [3.05, 3.63) is 78.4 Å². The van der Waals surface area contributed by atoms with E-state index in [1.54, 1.807) is 18.2 Å². The standard InChI is InChI=1S/C24H21N3O/c28-20-11-5-10-19(15-20)25-24-22-13-2-1-12-21(22)23(26-27-24)18-9-4-8-17(14-18)16-6-3-7-16/h1-2,4-5,8-16,28H,3,6-7H2,(H,25,27). The van der Waals surface area contributed by atoms with Crippen LogP contribution in [-0.4, -0.2) is 15.3 Å². The fraction of sp³-hybridized carbons (Fsp3) is 0.167. The number of aromatic hydroxyl groups is 1. The van der Waals surface area contributed by atoms with Crippen LogP contribution in [0, 0.1) is 0 Å². The predicted octanol–water partition coefficient (Wildman–Crippen LogP) is 6.01. The predicted molar refractivity (Wildman–Crippen MR) is 113 cm³/mol. The highest BCUT2D eigenvalue weighted by atomic mass is 16.3. The van der Waals surface area contributed by atoms with Crippen molar-refractivity contribution in [3.63, 3.8) is 0 Å². The number of hydrogen-bond donors (Lipinski definition) is 2. The highest BCUT2D eigenvalue weighted by molar-refractivity contribution is 6.00. The van der Waals surface area contributed by atoms with Gasteiger partial charge in [-0.15, -0.1) is 10.2 Å². The average molecular weight is 367 g/mol. The van der Waals surface area contributed by atoms with Crippen LogP contribution in [0.15, 0.2) is 72.8 Å². The molecule has 5 rings (SSSR count). The van der Waals surface area contributed by atoms with Crippen LogP contribution >= 0.6 is 0 Å². The minimum absolute atomic E-state index is 0.215. The van der Waals surface area contributed by atoms with Crippen LogP contribution in [0.5, 0.6) is 5.75 Å². The minimum Gasteiger partial charge on any atom is -0.508 e. The lowest BCUT2D eigenvalue weighted by atomic mass is 9.79. The first-order valence-electron chi connectivity index (χ1n) is 9.70. The minimum atomic E-state index is 0.215. The van der Waals surface area contributed by atoms with Gasteiger partial charge in [0.15, 0.2) is 5.82 Å². The van der Waals surface area contributed by atoms with Gasteiger partial charge in [-0.3, -0.25) is 0 Å². The third kappa shape index (κ3) is 3.07. The molecule has 3 aromatic carbocycles. The van der Waals surface area contributed by atoms with Gasteiger partial charge in [0.1, 0.15) is 11.4 Å². The number of rotatable bonds is 4. The Kier molecular flexibility index (Phi) is 4.17. The van der Waals surface area contributed by atoms with Crippen LogP contribution in [0.1, 0.15) is 30.7 Å². The molecule has 138 valence electrons. The van der Waals surface area contributed by atoms with Crippen LogP contribution in [0.2, 0.25) is 0 Å². The van der Waals surface area contributed by atoms with E-state index in [4.69, 9.17) is 0 Å². The Balaban J connectivity index is 1.58. The lowest BCUT2D eigenvalue weighted by molar-refractivity contribution is 0.420. The Morgan fingerprint density at radius 3 is 2.43 bits per heavy atom. The largest absolute Gasteiger partial charge is 0.508 e. The number of anilines is 2. The molecular formula is C24H21N3O. The van der Waals surface area contributed by atoms with E-state index >= 15 is 0 Å². The zero-order chi connectivity index (χ0) is 18.9. The average Bonchev–Trinajstić information content (AvgIpc) is 2.67. The Morgan fingerprint density at radius 2 is 1.64 bits per heavy atom. The number of benzene rings is 3. The van der Waals surface area contributed by atoms with Gasteiger partial charge < -0.3 is 10.4 Å². The van der Waals surface area contributed by atoms with Crippen molar-refractivity contribution in [2.24, 2.45) is 0 Å². The molecule has 0 amide bonds. The second-order valence-electron chi connectivity index (χ2n) is 7.37. The molecular weight excluding hydrogens is 346 g/mol. The van der Waals surface area contributed by atoms with Gasteiger partial charge in [-0.1, -0.05) is 55.0 Å². The smallest absolute Gasteiger partial charge is 0.161 e. The molecule has 1 heterocycles. The van der Waals surface area contributed by atoms with Crippen molar-refractivity contribution in [1.82, 2.24) is 10.2 Å². The van der Waals surface area contributed by atoms with Crippen LogP contribution < -0.4 is 5.32 Å². The summed E-state index contributed by atoms with van der Waals surface area (Å²) < 4.78 is 0. The Labute approximate surface area is 163 Å². The van der Waals surface area contributed by atoms with Crippen molar-refractivity contribution in [3.8, 4) is 17.0 Å². The zero-order valence-electron chi connectivity index (χ0n) is 15.5. The van der Waals surface area contributed by atoms with Gasteiger partial charge in [0.05, 0.1) is 0 Å². The van der Waals surface area contributed by atoms with Gasteiger partial charge in [0.2, 0.25) is 0 Å². The molecule has 0 unspecified atom stereocenters. The summed E-state index contributed by atoms with van der Waals surface area (Å²) in [6.07, 6.45) is 3.89. The third-order valence-electron chi connectivity index (χ3n) is 5.53. The normalized spacial score (nSPS) is 14.0. The van der Waals surface area contributed by atoms with E-state index in [-0.39, 0.29) is 5.75 Å². The second-order valence-corrected chi connectivity index (χ2v) is 7.37. The van der Waals surface area contributed by atoms with Crippen molar-refractivity contribution in [2.75, 3.05) is 5.32 Å². The Hall–Kier alpha value is -3.40. The molecule has 4 aromatic rings. The fourth-order valence-corrected chi connectivity index (χ4v) is 3.81. The summed E-state index contributed by atoms with van der Waals surface area (Å²) >= 11 is 0. The third-order valence-corrected chi connectivity index (χ3v) is 5.53. The summed E-state index contributed by atoms with van der Waals surface area (Å²) in [6.45, 7) is 0. The molecule has 2 N–H and O–H groups in total. The van der Waals surface area contributed by atoms with E-state index in [9.17, 15) is 5.11 Å².